The average molecular weight is 453 g/mol. The van der Waals surface area contributed by atoms with Crippen molar-refractivity contribution in [2.75, 3.05) is 24.4 Å². The molecule has 12 heteroatoms. The summed E-state index contributed by atoms with van der Waals surface area (Å²) in [7, 11) is 0. The van der Waals surface area contributed by atoms with E-state index < -0.39 is 54.5 Å². The molecule has 0 spiro atoms. The molecule has 0 saturated carbocycles. The van der Waals surface area contributed by atoms with Crippen molar-refractivity contribution in [2.45, 2.75) is 50.9 Å². The SMILES string of the molecule is CCC(C)C(NC(=O)C(CS)NC(=O)C(N)CO)C(=O)NC(CCSC)C(=O)O. The molecule has 29 heavy (non-hydrogen) atoms. The monoisotopic (exact) mass is 452 g/mol. The molecule has 0 aliphatic carbocycles. The van der Waals surface area contributed by atoms with Crippen LogP contribution >= 0.6 is 24.4 Å². The number of thioether (sulfide) groups is 1. The lowest BCUT2D eigenvalue weighted by molar-refractivity contribution is -0.142. The molecule has 5 unspecified atom stereocenters. The third kappa shape index (κ3) is 9.70. The molecule has 0 aliphatic heterocycles. The number of aliphatic hydroxyl groups excluding tert-OH is 1. The minimum atomic E-state index is -1.19. The first kappa shape index (κ1) is 27.5. The lowest BCUT2D eigenvalue weighted by atomic mass is 9.97. The number of nitrogens with two attached hydrogens (primary N) is 1. The second-order valence-corrected chi connectivity index (χ2v) is 7.94. The molecule has 0 rings (SSSR count). The highest BCUT2D eigenvalue weighted by molar-refractivity contribution is 7.98. The predicted octanol–water partition coefficient (Wildman–Crippen LogP) is -1.43. The summed E-state index contributed by atoms with van der Waals surface area (Å²) in [4.78, 5) is 48.5. The molecule has 0 aromatic rings. The minimum Gasteiger partial charge on any atom is -0.480 e. The van der Waals surface area contributed by atoms with Crippen LogP contribution in [0.15, 0.2) is 0 Å². The van der Waals surface area contributed by atoms with E-state index in [2.05, 4.69) is 28.6 Å². The Balaban J connectivity index is 5.25. The molecular formula is C17H32N4O6S2. The summed E-state index contributed by atoms with van der Waals surface area (Å²) in [5.41, 5.74) is 5.42. The van der Waals surface area contributed by atoms with E-state index in [0.717, 1.165) is 0 Å². The van der Waals surface area contributed by atoms with E-state index in [-0.39, 0.29) is 18.1 Å². The lowest BCUT2D eigenvalue weighted by Gasteiger charge is -2.27. The van der Waals surface area contributed by atoms with Gasteiger partial charge in [-0.25, -0.2) is 4.79 Å². The van der Waals surface area contributed by atoms with Crippen molar-refractivity contribution >= 4 is 48.1 Å². The zero-order valence-corrected chi connectivity index (χ0v) is 18.6. The number of nitrogens with one attached hydrogen (secondary N) is 3. The Hall–Kier alpha value is -1.50. The zero-order valence-electron chi connectivity index (χ0n) is 16.9. The van der Waals surface area contributed by atoms with Crippen LogP contribution in [0.1, 0.15) is 26.7 Å². The Morgan fingerprint density at radius 2 is 1.66 bits per heavy atom. The van der Waals surface area contributed by atoms with Gasteiger partial charge in [0.1, 0.15) is 24.2 Å². The van der Waals surface area contributed by atoms with Gasteiger partial charge in [0, 0.05) is 5.75 Å². The molecule has 0 saturated heterocycles. The Morgan fingerprint density at radius 1 is 1.07 bits per heavy atom. The maximum Gasteiger partial charge on any atom is 0.326 e. The Kier molecular flexibility index (Phi) is 13.7. The van der Waals surface area contributed by atoms with Crippen LogP contribution in [0, 0.1) is 5.92 Å². The third-order valence-electron chi connectivity index (χ3n) is 4.37. The minimum absolute atomic E-state index is 0.0595. The maximum atomic E-state index is 12.7. The highest BCUT2D eigenvalue weighted by atomic mass is 32.2. The highest BCUT2D eigenvalue weighted by Crippen LogP contribution is 2.10. The number of carbonyl (C=O) groups excluding carboxylic acids is 3. The number of aliphatic carboxylic acids is 1. The first-order valence-corrected chi connectivity index (χ1v) is 11.3. The largest absolute Gasteiger partial charge is 0.480 e. The zero-order chi connectivity index (χ0) is 22.6. The summed E-state index contributed by atoms with van der Waals surface area (Å²) in [6.45, 7) is 2.99. The van der Waals surface area contributed by atoms with Gasteiger partial charge in [-0.1, -0.05) is 20.3 Å². The van der Waals surface area contributed by atoms with Gasteiger partial charge in [0.05, 0.1) is 6.61 Å². The fraction of sp³-hybridized carbons (Fsp3) is 0.765. The third-order valence-corrected chi connectivity index (χ3v) is 5.38. The topological polar surface area (TPSA) is 171 Å². The van der Waals surface area contributed by atoms with Gasteiger partial charge >= 0.3 is 5.97 Å². The second-order valence-electron chi connectivity index (χ2n) is 6.59. The summed E-state index contributed by atoms with van der Waals surface area (Å²) in [5.74, 6) is -2.95. The van der Waals surface area contributed by atoms with Crippen LogP contribution in [0.4, 0.5) is 0 Å². The second kappa shape index (κ2) is 14.5. The van der Waals surface area contributed by atoms with Crippen molar-refractivity contribution < 1.29 is 29.4 Å². The van der Waals surface area contributed by atoms with Crippen LogP contribution in [0.3, 0.4) is 0 Å². The van der Waals surface area contributed by atoms with Gasteiger partial charge in [-0.05, 0) is 24.3 Å². The van der Waals surface area contributed by atoms with E-state index in [1.807, 2.05) is 13.2 Å². The Labute approximate surface area is 180 Å². The van der Waals surface area contributed by atoms with Gasteiger partial charge in [-0.15, -0.1) is 0 Å². The van der Waals surface area contributed by atoms with Gasteiger partial charge in [-0.2, -0.15) is 24.4 Å². The molecule has 168 valence electrons. The van der Waals surface area contributed by atoms with E-state index >= 15 is 0 Å². The molecule has 0 aromatic carbocycles. The number of carboxylic acids is 1. The van der Waals surface area contributed by atoms with E-state index in [4.69, 9.17) is 10.8 Å². The van der Waals surface area contributed by atoms with Gasteiger partial charge in [-0.3, -0.25) is 14.4 Å². The number of aliphatic hydroxyl groups is 1. The predicted molar refractivity (Wildman–Crippen MR) is 115 cm³/mol. The van der Waals surface area contributed by atoms with Crippen LogP contribution < -0.4 is 21.7 Å². The van der Waals surface area contributed by atoms with Crippen LogP contribution in [0.2, 0.25) is 0 Å². The molecule has 3 amide bonds. The van der Waals surface area contributed by atoms with Crippen LogP contribution in [-0.2, 0) is 19.2 Å². The summed E-state index contributed by atoms with van der Waals surface area (Å²) < 4.78 is 0. The van der Waals surface area contributed by atoms with Crippen LogP contribution in [-0.4, -0.2) is 82.4 Å². The van der Waals surface area contributed by atoms with E-state index in [1.165, 1.54) is 11.8 Å². The maximum absolute atomic E-state index is 12.7. The van der Waals surface area contributed by atoms with Gasteiger partial charge in [0.15, 0.2) is 0 Å². The molecule has 0 fully saturated rings. The molecule has 0 heterocycles. The number of rotatable bonds is 14. The molecule has 0 aliphatic rings. The molecular weight excluding hydrogens is 420 g/mol. The van der Waals surface area contributed by atoms with Crippen LogP contribution in [0.25, 0.3) is 0 Å². The van der Waals surface area contributed by atoms with Crippen molar-refractivity contribution in [3.8, 4) is 0 Å². The van der Waals surface area contributed by atoms with Crippen LogP contribution in [0.5, 0.6) is 0 Å². The number of amides is 3. The Bertz CT molecular complexity index is 566. The number of thiol groups is 1. The van der Waals surface area contributed by atoms with E-state index in [0.29, 0.717) is 12.2 Å². The number of hydrogen-bond donors (Lipinski definition) is 7. The number of hydrogen-bond acceptors (Lipinski definition) is 8. The van der Waals surface area contributed by atoms with Gasteiger partial charge < -0.3 is 31.9 Å². The first-order valence-electron chi connectivity index (χ1n) is 9.22. The standard InChI is InChI=1S/C17H32N4O6S2/c1-4-9(2)13(16(25)19-11(17(26)27)5-6-29-3)21-15(24)12(8-28)20-14(23)10(18)7-22/h9-13,22,28H,4-8,18H2,1-3H3,(H,19,25)(H,20,23)(H,21,24)(H,26,27). The highest BCUT2D eigenvalue weighted by Gasteiger charge is 2.32. The fourth-order valence-electron chi connectivity index (χ4n) is 2.27. The van der Waals surface area contributed by atoms with E-state index in [1.54, 1.807) is 6.92 Å². The normalized spacial score (nSPS) is 16.1. The molecule has 7 N–H and O–H groups in total. The molecule has 0 aromatic heterocycles. The number of carbonyl (C=O) groups is 4. The van der Waals surface area contributed by atoms with Gasteiger partial charge in [0.2, 0.25) is 17.7 Å². The fourth-order valence-corrected chi connectivity index (χ4v) is 2.99. The van der Waals surface area contributed by atoms with Crippen molar-refractivity contribution in [3.63, 3.8) is 0 Å². The quantitative estimate of drug-likeness (QED) is 0.157. The average Bonchev–Trinajstić information content (AvgIpc) is 2.70. The molecule has 5 atom stereocenters. The molecule has 10 nitrogen and oxygen atoms in total. The first-order chi connectivity index (χ1) is 13.6. The lowest BCUT2D eigenvalue weighted by Crippen LogP contribution is -2.59. The Morgan fingerprint density at radius 3 is 2.10 bits per heavy atom. The van der Waals surface area contributed by atoms with Gasteiger partial charge in [0.25, 0.3) is 0 Å². The van der Waals surface area contributed by atoms with Crippen molar-refractivity contribution in [3.05, 3.63) is 0 Å². The van der Waals surface area contributed by atoms with Crippen molar-refractivity contribution in [2.24, 2.45) is 11.7 Å². The smallest absolute Gasteiger partial charge is 0.326 e. The van der Waals surface area contributed by atoms with E-state index in [9.17, 15) is 24.3 Å². The summed E-state index contributed by atoms with van der Waals surface area (Å²) >= 11 is 5.50. The summed E-state index contributed by atoms with van der Waals surface area (Å²) in [6, 6.07) is -4.32. The molecule has 0 radical (unpaired) electrons. The number of carboxylic acid groups (broad SMARTS) is 1. The van der Waals surface area contributed by atoms with Crippen molar-refractivity contribution in [1.29, 1.82) is 0 Å². The summed E-state index contributed by atoms with van der Waals surface area (Å²) in [5, 5.41) is 25.6. The summed E-state index contributed by atoms with van der Waals surface area (Å²) in [6.07, 6.45) is 2.63. The molecule has 0 bridgehead atoms. The van der Waals surface area contributed by atoms with Crippen molar-refractivity contribution in [1.82, 2.24) is 16.0 Å².